The number of rotatable bonds is 4. The van der Waals surface area contributed by atoms with Gasteiger partial charge in [0.1, 0.15) is 0 Å². The first-order valence-corrected chi connectivity index (χ1v) is 6.20. The minimum atomic E-state index is 0.209. The van der Waals surface area contributed by atoms with Crippen molar-refractivity contribution in [2.75, 3.05) is 0 Å². The summed E-state index contributed by atoms with van der Waals surface area (Å²) < 4.78 is 0. The van der Waals surface area contributed by atoms with Crippen molar-refractivity contribution in [3.05, 3.63) is 34.9 Å². The standard InChI is InChI=1S/C13H18Cl2/c1-9(2)13(10(3)14)8-11-4-6-12(15)7-5-11/h4-7,9-10,13H,8H2,1-3H3. The van der Waals surface area contributed by atoms with E-state index in [1.807, 2.05) is 12.1 Å². The lowest BCUT2D eigenvalue weighted by Gasteiger charge is -2.23. The van der Waals surface area contributed by atoms with Crippen LogP contribution in [0.15, 0.2) is 24.3 Å². The first-order valence-electron chi connectivity index (χ1n) is 5.39. The molecule has 0 bridgehead atoms. The molecule has 84 valence electrons. The largest absolute Gasteiger partial charge is 0.123 e. The van der Waals surface area contributed by atoms with Gasteiger partial charge in [-0.3, -0.25) is 0 Å². The van der Waals surface area contributed by atoms with Crippen LogP contribution in [0.1, 0.15) is 26.3 Å². The minimum absolute atomic E-state index is 0.209. The summed E-state index contributed by atoms with van der Waals surface area (Å²) in [5.41, 5.74) is 1.31. The SMILES string of the molecule is CC(C)C(Cc1ccc(Cl)cc1)C(C)Cl. The van der Waals surface area contributed by atoms with Gasteiger partial charge >= 0.3 is 0 Å². The van der Waals surface area contributed by atoms with E-state index in [0.29, 0.717) is 11.8 Å². The van der Waals surface area contributed by atoms with Crippen molar-refractivity contribution in [2.45, 2.75) is 32.6 Å². The third kappa shape index (κ3) is 4.04. The van der Waals surface area contributed by atoms with Crippen LogP contribution in [-0.4, -0.2) is 5.38 Å². The molecule has 0 nitrogen and oxygen atoms in total. The summed E-state index contributed by atoms with van der Waals surface area (Å²) in [6, 6.07) is 8.04. The fourth-order valence-electron chi connectivity index (χ4n) is 1.82. The number of benzene rings is 1. The quantitative estimate of drug-likeness (QED) is 0.669. The molecule has 1 aromatic carbocycles. The molecular weight excluding hydrogens is 227 g/mol. The third-order valence-electron chi connectivity index (χ3n) is 2.83. The van der Waals surface area contributed by atoms with Crippen LogP contribution < -0.4 is 0 Å². The highest BCUT2D eigenvalue weighted by molar-refractivity contribution is 6.30. The predicted molar refractivity (Wildman–Crippen MR) is 68.8 cm³/mol. The summed E-state index contributed by atoms with van der Waals surface area (Å²) in [7, 11) is 0. The average Bonchev–Trinajstić information content (AvgIpc) is 2.15. The summed E-state index contributed by atoms with van der Waals surface area (Å²) in [6.07, 6.45) is 1.03. The first kappa shape index (κ1) is 12.9. The van der Waals surface area contributed by atoms with E-state index in [2.05, 4.69) is 32.9 Å². The molecule has 0 aliphatic carbocycles. The average molecular weight is 245 g/mol. The van der Waals surface area contributed by atoms with Crippen molar-refractivity contribution in [3.8, 4) is 0 Å². The molecule has 1 aromatic rings. The molecule has 0 N–H and O–H groups in total. The van der Waals surface area contributed by atoms with Gasteiger partial charge in [0.15, 0.2) is 0 Å². The fraction of sp³-hybridized carbons (Fsp3) is 0.538. The Kier molecular flexibility index (Phi) is 4.95. The Morgan fingerprint density at radius 2 is 1.60 bits per heavy atom. The summed E-state index contributed by atoms with van der Waals surface area (Å²) in [5, 5.41) is 0.999. The molecule has 0 amide bonds. The molecule has 0 radical (unpaired) electrons. The van der Waals surface area contributed by atoms with Crippen LogP contribution in [0.2, 0.25) is 5.02 Å². The van der Waals surface area contributed by atoms with Crippen molar-refractivity contribution >= 4 is 23.2 Å². The van der Waals surface area contributed by atoms with Crippen LogP contribution in [0.4, 0.5) is 0 Å². The highest BCUT2D eigenvalue weighted by Crippen LogP contribution is 2.24. The van der Waals surface area contributed by atoms with Crippen LogP contribution in [0.3, 0.4) is 0 Å². The van der Waals surface area contributed by atoms with Crippen molar-refractivity contribution in [1.29, 1.82) is 0 Å². The first-order chi connectivity index (χ1) is 7.00. The van der Waals surface area contributed by atoms with Gasteiger partial charge in [-0.15, -0.1) is 11.6 Å². The normalized spacial score (nSPS) is 15.3. The van der Waals surface area contributed by atoms with Crippen LogP contribution >= 0.6 is 23.2 Å². The Morgan fingerprint density at radius 1 is 1.07 bits per heavy atom. The number of halogens is 2. The molecular formula is C13H18Cl2. The van der Waals surface area contributed by atoms with Gasteiger partial charge < -0.3 is 0 Å². The van der Waals surface area contributed by atoms with Gasteiger partial charge in [-0.25, -0.2) is 0 Å². The van der Waals surface area contributed by atoms with Gasteiger partial charge in [-0.05, 0) is 42.9 Å². The molecule has 0 spiro atoms. The maximum Gasteiger partial charge on any atom is 0.0406 e. The molecule has 1 rings (SSSR count). The van der Waals surface area contributed by atoms with Crippen molar-refractivity contribution in [3.63, 3.8) is 0 Å². The topological polar surface area (TPSA) is 0 Å². The second kappa shape index (κ2) is 5.77. The van der Waals surface area contributed by atoms with Gasteiger partial charge in [-0.1, -0.05) is 37.6 Å². The van der Waals surface area contributed by atoms with E-state index in [-0.39, 0.29) is 5.38 Å². The Balaban J connectivity index is 2.70. The molecule has 0 saturated heterocycles. The van der Waals surface area contributed by atoms with E-state index < -0.39 is 0 Å². The van der Waals surface area contributed by atoms with E-state index >= 15 is 0 Å². The number of alkyl halides is 1. The molecule has 0 aliphatic heterocycles. The van der Waals surface area contributed by atoms with Crippen LogP contribution in [0.5, 0.6) is 0 Å². The van der Waals surface area contributed by atoms with Crippen LogP contribution in [-0.2, 0) is 6.42 Å². The zero-order chi connectivity index (χ0) is 11.4. The molecule has 0 aromatic heterocycles. The monoisotopic (exact) mass is 244 g/mol. The zero-order valence-electron chi connectivity index (χ0n) is 9.50. The number of hydrogen-bond acceptors (Lipinski definition) is 0. The van der Waals surface area contributed by atoms with Gasteiger partial charge in [0.25, 0.3) is 0 Å². The molecule has 0 fully saturated rings. The fourth-order valence-corrected chi connectivity index (χ4v) is 2.33. The lowest BCUT2D eigenvalue weighted by atomic mass is 9.87. The minimum Gasteiger partial charge on any atom is -0.123 e. The van der Waals surface area contributed by atoms with E-state index in [9.17, 15) is 0 Å². The smallest absolute Gasteiger partial charge is 0.0406 e. The Labute approximate surface area is 103 Å². The van der Waals surface area contributed by atoms with Gasteiger partial charge in [-0.2, -0.15) is 0 Å². The highest BCUT2D eigenvalue weighted by atomic mass is 35.5. The molecule has 15 heavy (non-hydrogen) atoms. The molecule has 0 saturated carbocycles. The van der Waals surface area contributed by atoms with E-state index in [0.717, 1.165) is 11.4 Å². The lowest BCUT2D eigenvalue weighted by Crippen LogP contribution is -2.20. The summed E-state index contributed by atoms with van der Waals surface area (Å²) in [4.78, 5) is 0. The second-order valence-electron chi connectivity index (χ2n) is 4.42. The van der Waals surface area contributed by atoms with E-state index in [1.165, 1.54) is 5.56 Å². The van der Waals surface area contributed by atoms with Gasteiger partial charge in [0.05, 0.1) is 0 Å². The van der Waals surface area contributed by atoms with Crippen molar-refractivity contribution in [2.24, 2.45) is 11.8 Å². The number of hydrogen-bond donors (Lipinski definition) is 0. The van der Waals surface area contributed by atoms with E-state index in [1.54, 1.807) is 0 Å². The van der Waals surface area contributed by atoms with Gasteiger partial charge in [0, 0.05) is 10.4 Å². The van der Waals surface area contributed by atoms with Crippen molar-refractivity contribution in [1.82, 2.24) is 0 Å². The molecule has 0 aliphatic rings. The maximum atomic E-state index is 6.19. The Morgan fingerprint density at radius 3 is 2.00 bits per heavy atom. The highest BCUT2D eigenvalue weighted by Gasteiger charge is 2.19. The Hall–Kier alpha value is -0.200. The predicted octanol–water partition coefficient (Wildman–Crippen LogP) is 4.78. The van der Waals surface area contributed by atoms with Gasteiger partial charge in [0.2, 0.25) is 0 Å². The molecule has 2 heteroatoms. The molecule has 2 atom stereocenters. The maximum absolute atomic E-state index is 6.19. The molecule has 0 heterocycles. The second-order valence-corrected chi connectivity index (χ2v) is 5.54. The van der Waals surface area contributed by atoms with Crippen LogP contribution in [0.25, 0.3) is 0 Å². The molecule has 2 unspecified atom stereocenters. The third-order valence-corrected chi connectivity index (χ3v) is 3.41. The van der Waals surface area contributed by atoms with Crippen LogP contribution in [0, 0.1) is 11.8 Å². The Bertz CT molecular complexity index is 280. The zero-order valence-corrected chi connectivity index (χ0v) is 11.0. The van der Waals surface area contributed by atoms with E-state index in [4.69, 9.17) is 23.2 Å². The lowest BCUT2D eigenvalue weighted by molar-refractivity contribution is 0.376. The summed E-state index contributed by atoms with van der Waals surface area (Å²) in [5.74, 6) is 1.13. The van der Waals surface area contributed by atoms with Crippen molar-refractivity contribution < 1.29 is 0 Å². The summed E-state index contributed by atoms with van der Waals surface area (Å²) in [6.45, 7) is 6.51. The summed E-state index contributed by atoms with van der Waals surface area (Å²) >= 11 is 12.0.